The van der Waals surface area contributed by atoms with E-state index in [1.165, 1.54) is 39.3 Å². The van der Waals surface area contributed by atoms with E-state index in [9.17, 15) is 18.4 Å². The van der Waals surface area contributed by atoms with Crippen LogP contribution in [0.15, 0.2) is 18.2 Å². The molecule has 0 spiro atoms. The summed E-state index contributed by atoms with van der Waals surface area (Å²) >= 11 is 0. The van der Waals surface area contributed by atoms with Crippen LogP contribution in [0.5, 0.6) is 11.5 Å². The van der Waals surface area contributed by atoms with E-state index in [0.29, 0.717) is 5.69 Å². The third-order valence-electron chi connectivity index (χ3n) is 2.62. The quantitative estimate of drug-likeness (QED) is 0.741. The summed E-state index contributed by atoms with van der Waals surface area (Å²) in [5.74, 6) is -0.610. The molecule has 122 valence electrons. The number of hydrogen-bond donors (Lipinski definition) is 3. The standard InChI is InChI=1S/C13H17F2N3O4/c1-7(11(19)18-13(20)16-2)17-8-4-5-9(21-3)10(6-8)22-12(14)15/h4-7,12,17H,1-3H3,(H2,16,18,19,20)/t7-/m0/s1. The fourth-order valence-corrected chi connectivity index (χ4v) is 1.55. The van der Waals surface area contributed by atoms with Crippen LogP contribution >= 0.6 is 0 Å². The lowest BCUT2D eigenvalue weighted by Crippen LogP contribution is -2.44. The molecule has 9 heteroatoms. The lowest BCUT2D eigenvalue weighted by molar-refractivity contribution is -0.120. The molecule has 7 nitrogen and oxygen atoms in total. The predicted octanol–water partition coefficient (Wildman–Crippen LogP) is 1.55. The van der Waals surface area contributed by atoms with Crippen LogP contribution in [0.3, 0.4) is 0 Å². The van der Waals surface area contributed by atoms with Gasteiger partial charge in [0.2, 0.25) is 5.91 Å². The number of anilines is 1. The van der Waals surface area contributed by atoms with E-state index in [1.54, 1.807) is 0 Å². The van der Waals surface area contributed by atoms with Gasteiger partial charge in [-0.3, -0.25) is 10.1 Å². The maximum atomic E-state index is 12.3. The first kappa shape index (κ1) is 17.5. The van der Waals surface area contributed by atoms with Crippen molar-refractivity contribution < 1.29 is 27.8 Å². The van der Waals surface area contributed by atoms with E-state index in [1.807, 2.05) is 0 Å². The number of amides is 3. The zero-order chi connectivity index (χ0) is 16.7. The van der Waals surface area contributed by atoms with Crippen LogP contribution in [0.2, 0.25) is 0 Å². The first-order valence-electron chi connectivity index (χ1n) is 6.29. The Morgan fingerprint density at radius 2 is 1.91 bits per heavy atom. The minimum Gasteiger partial charge on any atom is -0.493 e. The summed E-state index contributed by atoms with van der Waals surface area (Å²) in [5.41, 5.74) is 0.357. The largest absolute Gasteiger partial charge is 0.493 e. The summed E-state index contributed by atoms with van der Waals surface area (Å²) < 4.78 is 33.9. The topological polar surface area (TPSA) is 88.7 Å². The van der Waals surface area contributed by atoms with Crippen LogP contribution in [0.1, 0.15) is 6.92 Å². The highest BCUT2D eigenvalue weighted by Crippen LogP contribution is 2.31. The van der Waals surface area contributed by atoms with Gasteiger partial charge in [0.25, 0.3) is 0 Å². The number of ether oxygens (including phenoxy) is 2. The van der Waals surface area contributed by atoms with Crippen molar-refractivity contribution in [2.24, 2.45) is 0 Å². The molecule has 1 rings (SSSR count). The van der Waals surface area contributed by atoms with E-state index in [-0.39, 0.29) is 11.5 Å². The smallest absolute Gasteiger partial charge is 0.387 e. The second-order valence-corrected chi connectivity index (χ2v) is 4.18. The summed E-state index contributed by atoms with van der Waals surface area (Å²) in [5, 5.41) is 7.10. The molecule has 0 aromatic heterocycles. The predicted molar refractivity (Wildman–Crippen MR) is 75.3 cm³/mol. The van der Waals surface area contributed by atoms with Crippen molar-refractivity contribution in [1.82, 2.24) is 10.6 Å². The normalized spacial score (nSPS) is 11.5. The molecule has 0 bridgehead atoms. The molecule has 3 amide bonds. The molecule has 0 aliphatic rings. The van der Waals surface area contributed by atoms with Crippen LogP contribution in [0.4, 0.5) is 19.3 Å². The maximum Gasteiger partial charge on any atom is 0.387 e. The molecule has 0 aliphatic carbocycles. The van der Waals surface area contributed by atoms with E-state index >= 15 is 0 Å². The Morgan fingerprint density at radius 3 is 2.45 bits per heavy atom. The van der Waals surface area contributed by atoms with E-state index < -0.39 is 24.6 Å². The highest BCUT2D eigenvalue weighted by atomic mass is 19.3. The average molecular weight is 317 g/mol. The molecule has 1 aromatic carbocycles. The van der Waals surface area contributed by atoms with Crippen molar-refractivity contribution in [3.63, 3.8) is 0 Å². The minimum atomic E-state index is -3.00. The molecule has 0 saturated carbocycles. The number of methoxy groups -OCH3 is 1. The van der Waals surface area contributed by atoms with Crippen molar-refractivity contribution in [3.05, 3.63) is 18.2 Å². The summed E-state index contributed by atoms with van der Waals surface area (Å²) in [6.07, 6.45) is 0. The van der Waals surface area contributed by atoms with Gasteiger partial charge in [-0.15, -0.1) is 0 Å². The fraction of sp³-hybridized carbons (Fsp3) is 0.385. The first-order valence-corrected chi connectivity index (χ1v) is 6.29. The number of rotatable bonds is 6. The SMILES string of the molecule is CNC(=O)NC(=O)[C@H](C)Nc1ccc(OC)c(OC(F)F)c1. The molecule has 0 aliphatic heterocycles. The Bertz CT molecular complexity index is 540. The van der Waals surface area contributed by atoms with E-state index in [0.717, 1.165) is 0 Å². The summed E-state index contributed by atoms with van der Waals surface area (Å²) in [6.45, 7) is -1.49. The molecular formula is C13H17F2N3O4. The average Bonchev–Trinajstić information content (AvgIpc) is 2.46. The number of carbonyl (C=O) groups is 2. The van der Waals surface area contributed by atoms with Crippen molar-refractivity contribution >= 4 is 17.6 Å². The number of benzene rings is 1. The van der Waals surface area contributed by atoms with Crippen molar-refractivity contribution in [2.75, 3.05) is 19.5 Å². The Balaban J connectivity index is 2.80. The number of imide groups is 1. The van der Waals surface area contributed by atoms with Gasteiger partial charge >= 0.3 is 12.6 Å². The number of carbonyl (C=O) groups excluding carboxylic acids is 2. The third-order valence-corrected chi connectivity index (χ3v) is 2.62. The highest BCUT2D eigenvalue weighted by molar-refractivity contribution is 5.97. The molecule has 0 saturated heterocycles. The molecular weight excluding hydrogens is 300 g/mol. The van der Waals surface area contributed by atoms with Gasteiger partial charge in [0, 0.05) is 18.8 Å². The Labute approximate surface area is 126 Å². The molecule has 0 radical (unpaired) electrons. The molecule has 22 heavy (non-hydrogen) atoms. The van der Waals surface area contributed by atoms with E-state index in [4.69, 9.17) is 4.74 Å². The zero-order valence-electron chi connectivity index (χ0n) is 12.3. The van der Waals surface area contributed by atoms with Crippen LogP contribution < -0.4 is 25.4 Å². The Morgan fingerprint density at radius 1 is 1.23 bits per heavy atom. The molecule has 0 heterocycles. The van der Waals surface area contributed by atoms with Crippen LogP contribution in [0, 0.1) is 0 Å². The number of halogens is 2. The van der Waals surface area contributed by atoms with Gasteiger partial charge < -0.3 is 20.1 Å². The third kappa shape index (κ3) is 5.08. The van der Waals surface area contributed by atoms with Crippen molar-refractivity contribution in [1.29, 1.82) is 0 Å². The zero-order valence-corrected chi connectivity index (χ0v) is 12.3. The van der Waals surface area contributed by atoms with Crippen molar-refractivity contribution in [3.8, 4) is 11.5 Å². The summed E-state index contributed by atoms with van der Waals surface area (Å²) in [7, 11) is 2.69. The second kappa shape index (κ2) is 8.01. The number of urea groups is 1. The monoisotopic (exact) mass is 317 g/mol. The Hall–Kier alpha value is -2.58. The lowest BCUT2D eigenvalue weighted by Gasteiger charge is -2.16. The van der Waals surface area contributed by atoms with Crippen LogP contribution in [0.25, 0.3) is 0 Å². The Kier molecular flexibility index (Phi) is 6.36. The van der Waals surface area contributed by atoms with Crippen LogP contribution in [-0.2, 0) is 4.79 Å². The van der Waals surface area contributed by atoms with Gasteiger partial charge in [0.1, 0.15) is 6.04 Å². The number of alkyl halides is 2. The maximum absolute atomic E-state index is 12.3. The van der Waals surface area contributed by atoms with Gasteiger partial charge in [0.05, 0.1) is 7.11 Å². The molecule has 0 fully saturated rings. The van der Waals surface area contributed by atoms with Gasteiger partial charge in [-0.25, -0.2) is 4.79 Å². The van der Waals surface area contributed by atoms with Gasteiger partial charge in [-0.1, -0.05) is 0 Å². The van der Waals surface area contributed by atoms with Crippen LogP contribution in [-0.4, -0.2) is 38.7 Å². The van der Waals surface area contributed by atoms with Gasteiger partial charge in [-0.05, 0) is 19.1 Å². The van der Waals surface area contributed by atoms with Gasteiger partial charge in [0.15, 0.2) is 11.5 Å². The molecule has 3 N–H and O–H groups in total. The fourth-order valence-electron chi connectivity index (χ4n) is 1.55. The first-order chi connectivity index (χ1) is 10.4. The second-order valence-electron chi connectivity index (χ2n) is 4.18. The van der Waals surface area contributed by atoms with Gasteiger partial charge in [-0.2, -0.15) is 8.78 Å². The summed E-state index contributed by atoms with van der Waals surface area (Å²) in [4.78, 5) is 22.7. The number of nitrogens with one attached hydrogen (secondary N) is 3. The van der Waals surface area contributed by atoms with Crippen molar-refractivity contribution in [2.45, 2.75) is 19.6 Å². The molecule has 0 unspecified atom stereocenters. The number of hydrogen-bond acceptors (Lipinski definition) is 5. The lowest BCUT2D eigenvalue weighted by atomic mass is 10.2. The minimum absolute atomic E-state index is 0.133. The van der Waals surface area contributed by atoms with E-state index in [2.05, 4.69) is 20.7 Å². The molecule has 1 atom stereocenters. The highest BCUT2D eigenvalue weighted by Gasteiger charge is 2.17. The molecule has 1 aromatic rings. The summed E-state index contributed by atoms with van der Waals surface area (Å²) in [6, 6.07) is 2.80.